The van der Waals surface area contributed by atoms with Gasteiger partial charge in [0.05, 0.1) is 0 Å². The minimum absolute atomic E-state index is 0. The first kappa shape index (κ1) is 27.4. The monoisotopic (exact) mass is 513 g/mol. The van der Waals surface area contributed by atoms with Crippen molar-refractivity contribution >= 4 is 27.8 Å². The molecule has 0 radical (unpaired) electrons. The molecule has 0 aliphatic heterocycles. The van der Waals surface area contributed by atoms with Crippen LogP contribution in [0.25, 0.3) is 15.3 Å². The van der Waals surface area contributed by atoms with E-state index in [9.17, 15) is 0 Å². The standard InChI is InChI=1S/C22H31N2Si2.C2H6N.Zr/c1-18-21(25(2,3)23-19-12-8-6-9-13-19)16-17-22(18)26(4,5)24-20-14-10-7-11-15-20;1-3-2;/h6-15,21-22H,16-17H2,1-5H3;1-2H3;/q-3;-1;+4. The van der Waals surface area contributed by atoms with Gasteiger partial charge in [-0.1, -0.05) is 116 Å². The summed E-state index contributed by atoms with van der Waals surface area (Å²) in [4.78, 5) is 10.5. The molecule has 1 aliphatic rings. The third kappa shape index (κ3) is 7.47. The maximum atomic E-state index is 5.23. The normalized spacial score (nSPS) is 19.3. The van der Waals surface area contributed by atoms with Crippen molar-refractivity contribution in [3.63, 3.8) is 0 Å². The molecule has 2 atom stereocenters. The van der Waals surface area contributed by atoms with Crippen molar-refractivity contribution < 1.29 is 26.2 Å². The zero-order chi connectivity index (χ0) is 21.5. The van der Waals surface area contributed by atoms with Crippen LogP contribution in [0.1, 0.15) is 19.8 Å². The van der Waals surface area contributed by atoms with Crippen LogP contribution in [0.3, 0.4) is 0 Å². The van der Waals surface area contributed by atoms with Crippen LogP contribution >= 0.6 is 0 Å². The van der Waals surface area contributed by atoms with Gasteiger partial charge in [0.15, 0.2) is 0 Å². The Morgan fingerprint density at radius 3 is 1.30 bits per heavy atom. The Morgan fingerprint density at radius 1 is 0.700 bits per heavy atom. The number of hydrogen-bond donors (Lipinski definition) is 0. The van der Waals surface area contributed by atoms with Crippen LogP contribution in [0.2, 0.25) is 37.3 Å². The Morgan fingerprint density at radius 2 is 1.00 bits per heavy atom. The molecule has 6 heteroatoms. The van der Waals surface area contributed by atoms with Crippen molar-refractivity contribution in [3.05, 3.63) is 81.9 Å². The van der Waals surface area contributed by atoms with Crippen LogP contribution in [0.15, 0.2) is 60.7 Å². The molecule has 0 aromatic heterocycles. The van der Waals surface area contributed by atoms with Crippen LogP contribution < -0.4 is 0 Å². The third-order valence-corrected chi connectivity index (χ3v) is 12.5. The van der Waals surface area contributed by atoms with Gasteiger partial charge < -0.3 is 21.2 Å². The van der Waals surface area contributed by atoms with E-state index in [1.807, 2.05) is 0 Å². The molecule has 2 unspecified atom stereocenters. The molecule has 1 fully saturated rings. The zero-order valence-electron chi connectivity index (χ0n) is 19.7. The third-order valence-electron chi connectivity index (χ3n) is 5.90. The van der Waals surface area contributed by atoms with E-state index >= 15 is 0 Å². The second-order valence-corrected chi connectivity index (χ2v) is 17.5. The molecule has 3 nitrogen and oxygen atoms in total. The van der Waals surface area contributed by atoms with Gasteiger partial charge in [-0.2, -0.15) is 32.1 Å². The predicted molar refractivity (Wildman–Crippen MR) is 135 cm³/mol. The Bertz CT molecular complexity index is 664. The van der Waals surface area contributed by atoms with Gasteiger partial charge in [0.25, 0.3) is 0 Å². The number of benzene rings is 2. The van der Waals surface area contributed by atoms with E-state index in [2.05, 4.69) is 99.1 Å². The summed E-state index contributed by atoms with van der Waals surface area (Å²) in [6, 6.07) is 21.0. The number of rotatable bonds is 6. The maximum Gasteiger partial charge on any atom is 4.00 e. The van der Waals surface area contributed by atoms with E-state index < -0.39 is 16.5 Å². The smallest absolute Gasteiger partial charge is 0.688 e. The predicted octanol–water partition coefficient (Wildman–Crippen LogP) is 8.55. The first-order chi connectivity index (χ1) is 13.7. The molecule has 1 aliphatic carbocycles. The van der Waals surface area contributed by atoms with Gasteiger partial charge in [-0.25, -0.2) is 0 Å². The molecule has 1 saturated carbocycles. The van der Waals surface area contributed by atoms with Crippen LogP contribution in [-0.2, 0) is 26.2 Å². The second kappa shape index (κ2) is 12.4. The zero-order valence-corrected chi connectivity index (χ0v) is 24.1. The number of hydrogen-bond acceptors (Lipinski definition) is 0. The summed E-state index contributed by atoms with van der Waals surface area (Å²) in [6.07, 6.45) is 2.57. The maximum absolute atomic E-state index is 5.23. The van der Waals surface area contributed by atoms with E-state index in [0.717, 1.165) is 11.4 Å². The average Bonchev–Trinajstić information content (AvgIpc) is 3.07. The van der Waals surface area contributed by atoms with E-state index in [-0.39, 0.29) is 26.2 Å². The summed E-state index contributed by atoms with van der Waals surface area (Å²) in [5.74, 6) is 1.68. The fourth-order valence-corrected chi connectivity index (χ4v) is 11.2. The molecule has 2 aromatic carbocycles. The van der Waals surface area contributed by atoms with Crippen molar-refractivity contribution in [1.29, 1.82) is 0 Å². The van der Waals surface area contributed by atoms with Crippen molar-refractivity contribution in [1.82, 2.24) is 0 Å². The van der Waals surface area contributed by atoms with Gasteiger partial charge in [0.1, 0.15) is 0 Å². The average molecular weight is 515 g/mol. The molecule has 3 rings (SSSR count). The van der Waals surface area contributed by atoms with E-state index in [1.165, 1.54) is 12.8 Å². The Kier molecular flexibility index (Phi) is 11.3. The van der Waals surface area contributed by atoms with E-state index in [0.29, 0.717) is 11.1 Å². The Hall–Kier alpha value is -0.683. The molecule has 0 spiro atoms. The van der Waals surface area contributed by atoms with Crippen LogP contribution in [0.4, 0.5) is 11.4 Å². The van der Waals surface area contributed by atoms with Crippen molar-refractivity contribution in [2.75, 3.05) is 14.1 Å². The molecular formula is C24H37N3Si2Zr. The van der Waals surface area contributed by atoms with E-state index in [4.69, 9.17) is 9.96 Å². The van der Waals surface area contributed by atoms with Crippen molar-refractivity contribution in [2.24, 2.45) is 0 Å². The summed E-state index contributed by atoms with van der Waals surface area (Å²) >= 11 is 0. The second-order valence-electron chi connectivity index (χ2n) is 9.08. The molecule has 0 bridgehead atoms. The van der Waals surface area contributed by atoms with Gasteiger partial charge in [0.2, 0.25) is 0 Å². The molecule has 30 heavy (non-hydrogen) atoms. The summed E-state index contributed by atoms with van der Waals surface area (Å²) in [7, 11) is 0.0634. The van der Waals surface area contributed by atoms with Gasteiger partial charge >= 0.3 is 26.2 Å². The Labute approximate surface area is 206 Å². The van der Waals surface area contributed by atoms with Crippen molar-refractivity contribution in [3.8, 4) is 0 Å². The molecule has 0 saturated heterocycles. The molecular weight excluding hydrogens is 478 g/mol. The first-order valence-corrected chi connectivity index (χ1v) is 16.6. The fraction of sp³-hybridized carbons (Fsp3) is 0.458. The fourth-order valence-electron chi connectivity index (χ4n) is 4.68. The molecule has 160 valence electrons. The van der Waals surface area contributed by atoms with Gasteiger partial charge in [-0.3, -0.25) is 0 Å². The minimum atomic E-state index is -1.72. The summed E-state index contributed by atoms with van der Waals surface area (Å²) < 4.78 is 0. The van der Waals surface area contributed by atoms with Crippen LogP contribution in [0, 0.1) is 5.92 Å². The van der Waals surface area contributed by atoms with E-state index in [1.54, 1.807) is 20.0 Å². The van der Waals surface area contributed by atoms with Gasteiger partial charge in [0, 0.05) is 0 Å². The van der Waals surface area contributed by atoms with Gasteiger partial charge in [-0.15, -0.1) is 11.4 Å². The Balaban J connectivity index is 0.00000106. The SMILES string of the molecule is C[C-]1C([Si](C)(C)[N-]c2ccccc2)CCC1[Si](C)(C)[N-]c1ccccc1.C[N-]C.[Zr+4]. The summed E-state index contributed by atoms with van der Waals surface area (Å²) in [5, 5.41) is 3.50. The summed E-state index contributed by atoms with van der Waals surface area (Å²) in [6.45, 7) is 12.1. The van der Waals surface area contributed by atoms with Crippen molar-refractivity contribution in [2.45, 2.75) is 57.0 Å². The first-order valence-electron chi connectivity index (χ1n) is 10.6. The largest absolute Gasteiger partial charge is 4.00 e. The number of nitrogens with zero attached hydrogens (tertiary/aromatic N) is 3. The van der Waals surface area contributed by atoms with Crippen LogP contribution in [-0.4, -0.2) is 30.6 Å². The van der Waals surface area contributed by atoms with Crippen LogP contribution in [0.5, 0.6) is 0 Å². The topological polar surface area (TPSA) is 42.3 Å². The molecule has 0 N–H and O–H groups in total. The molecule has 0 amide bonds. The minimum Gasteiger partial charge on any atom is -0.688 e. The van der Waals surface area contributed by atoms with Gasteiger partial charge in [-0.05, 0) is 0 Å². The quantitative estimate of drug-likeness (QED) is 0.274. The summed E-state index contributed by atoms with van der Waals surface area (Å²) in [5.41, 5.74) is 3.63. The molecule has 0 heterocycles. The molecule has 2 aromatic rings.